The molecule has 0 saturated heterocycles. The van der Waals surface area contributed by atoms with Gasteiger partial charge in [-0.1, -0.05) is 19.2 Å². The van der Waals surface area contributed by atoms with Crippen LogP contribution < -0.4 is 11.0 Å². The van der Waals surface area contributed by atoms with E-state index in [0.29, 0.717) is 0 Å². The van der Waals surface area contributed by atoms with Crippen molar-refractivity contribution in [3.05, 3.63) is 5.21 Å². The van der Waals surface area contributed by atoms with E-state index in [1.807, 2.05) is 41.5 Å². The molecule has 0 aliphatic carbocycles. The lowest BCUT2D eigenvalue weighted by Gasteiger charge is -2.33. The maximum atomic E-state index is 11.1. The quantitative estimate of drug-likeness (QED) is 0.626. The third kappa shape index (κ3) is 7.10. The average molecular weight is 234 g/mol. The second-order valence-electron chi connectivity index (χ2n) is 5.09. The van der Waals surface area contributed by atoms with Crippen molar-refractivity contribution in [3.8, 4) is 0 Å². The second-order valence-corrected chi connectivity index (χ2v) is 5.09. The molecule has 0 aromatic rings. The molecule has 0 rings (SSSR count). The minimum absolute atomic E-state index is 0.0226. The number of nitrogens with one attached hydrogen (secondary N) is 2. The fourth-order valence-corrected chi connectivity index (χ4v) is 0.485. The highest BCUT2D eigenvalue weighted by atomic mass is 17.2. The molecule has 0 bridgehead atoms. The van der Waals surface area contributed by atoms with Crippen molar-refractivity contribution in [1.82, 2.24) is 16.4 Å². The Kier molecular flexibility index (Phi) is 6.39. The summed E-state index contributed by atoms with van der Waals surface area (Å²) in [6.45, 7) is 11.7. The largest absolute Gasteiger partial charge is 0.735 e. The van der Waals surface area contributed by atoms with E-state index in [9.17, 15) is 5.21 Å². The molecule has 16 heavy (non-hydrogen) atoms. The molecule has 0 aliphatic heterocycles. The fourth-order valence-electron chi connectivity index (χ4n) is 0.485. The van der Waals surface area contributed by atoms with Crippen LogP contribution in [0.25, 0.3) is 0 Å². The SMILES string of the molecule is CCC(C)(C)NON([O-])ONC(C)(C)CC. The maximum Gasteiger partial charge on any atom is 0.0393 e. The first-order valence-corrected chi connectivity index (χ1v) is 5.58. The summed E-state index contributed by atoms with van der Waals surface area (Å²) in [5.41, 5.74) is 4.68. The first-order chi connectivity index (χ1) is 7.22. The van der Waals surface area contributed by atoms with Crippen LogP contribution in [0.1, 0.15) is 54.4 Å². The van der Waals surface area contributed by atoms with Gasteiger partial charge >= 0.3 is 0 Å². The molecule has 0 aromatic heterocycles. The molecule has 0 saturated carbocycles. The summed E-state index contributed by atoms with van der Waals surface area (Å²) in [6.07, 6.45) is 1.66. The van der Waals surface area contributed by atoms with Crippen LogP contribution in [0.2, 0.25) is 0 Å². The van der Waals surface area contributed by atoms with Gasteiger partial charge in [-0.25, -0.2) is 0 Å². The number of nitrogens with zero attached hydrogens (tertiary/aromatic N) is 1. The van der Waals surface area contributed by atoms with Gasteiger partial charge in [-0.2, -0.15) is 20.8 Å². The predicted octanol–water partition coefficient (Wildman–Crippen LogP) is 2.04. The Hall–Kier alpha value is -0.240. The lowest BCUT2D eigenvalue weighted by molar-refractivity contribution is -0.403. The van der Waals surface area contributed by atoms with Crippen molar-refractivity contribution >= 4 is 0 Å². The van der Waals surface area contributed by atoms with E-state index in [-0.39, 0.29) is 16.5 Å². The maximum absolute atomic E-state index is 11.1. The van der Waals surface area contributed by atoms with Gasteiger partial charge in [-0.15, -0.1) is 0 Å². The van der Waals surface area contributed by atoms with Crippen LogP contribution in [0, 0.1) is 5.21 Å². The molecule has 2 N–H and O–H groups in total. The van der Waals surface area contributed by atoms with Gasteiger partial charge in [0.15, 0.2) is 0 Å². The lowest BCUT2D eigenvalue weighted by atomic mass is 10.0. The number of hydrogen-bond acceptors (Lipinski definition) is 6. The molecule has 0 atom stereocenters. The molecule has 6 heteroatoms. The van der Waals surface area contributed by atoms with Gasteiger partial charge in [0.05, 0.1) is 0 Å². The standard InChI is InChI=1S/C10H24N3O3/c1-7-9(3,4)11-15-13(14)16-12-10(5,6)8-2/h11-12H,7-8H2,1-6H3/q-1. The van der Waals surface area contributed by atoms with E-state index in [1.54, 1.807) is 0 Å². The first kappa shape index (κ1) is 15.8. The van der Waals surface area contributed by atoms with Crippen LogP contribution >= 0.6 is 0 Å². The predicted molar refractivity (Wildman–Crippen MR) is 62.4 cm³/mol. The smallest absolute Gasteiger partial charge is 0.0393 e. The molecule has 0 amide bonds. The third-order valence-electron chi connectivity index (χ3n) is 2.56. The molecular weight excluding hydrogens is 210 g/mol. The zero-order valence-corrected chi connectivity index (χ0v) is 11.1. The van der Waals surface area contributed by atoms with Crippen LogP contribution in [0.4, 0.5) is 0 Å². The molecule has 0 aliphatic rings. The highest BCUT2D eigenvalue weighted by Gasteiger charge is 2.17. The average Bonchev–Trinajstić information content (AvgIpc) is 2.24. The number of rotatable bonds is 8. The molecule has 0 unspecified atom stereocenters. The molecule has 0 aromatic carbocycles. The van der Waals surface area contributed by atoms with E-state index in [1.165, 1.54) is 0 Å². The van der Waals surface area contributed by atoms with Crippen LogP contribution in [0.15, 0.2) is 0 Å². The van der Waals surface area contributed by atoms with Gasteiger partial charge in [0.1, 0.15) is 0 Å². The van der Waals surface area contributed by atoms with Crippen molar-refractivity contribution in [2.45, 2.75) is 65.5 Å². The van der Waals surface area contributed by atoms with E-state index in [2.05, 4.69) is 20.8 Å². The Morgan fingerprint density at radius 3 is 1.50 bits per heavy atom. The van der Waals surface area contributed by atoms with Crippen LogP contribution in [-0.4, -0.2) is 16.5 Å². The minimum atomic E-state index is -0.272. The van der Waals surface area contributed by atoms with E-state index >= 15 is 0 Å². The van der Waals surface area contributed by atoms with Crippen molar-refractivity contribution in [1.29, 1.82) is 0 Å². The number of hydroxylamine groups is 2. The summed E-state index contributed by atoms with van der Waals surface area (Å²) in [7, 11) is 0. The van der Waals surface area contributed by atoms with Crippen LogP contribution in [-0.2, 0) is 9.88 Å². The third-order valence-corrected chi connectivity index (χ3v) is 2.56. The molecule has 0 spiro atoms. The Morgan fingerprint density at radius 2 is 1.25 bits per heavy atom. The highest BCUT2D eigenvalue weighted by Crippen LogP contribution is 2.09. The molecule has 0 fully saturated rings. The summed E-state index contributed by atoms with van der Waals surface area (Å²) >= 11 is 0. The zero-order valence-electron chi connectivity index (χ0n) is 11.1. The second kappa shape index (κ2) is 6.48. The monoisotopic (exact) mass is 234 g/mol. The Bertz CT molecular complexity index is 178. The molecule has 0 radical (unpaired) electrons. The van der Waals surface area contributed by atoms with Gasteiger partial charge in [0.2, 0.25) is 0 Å². The van der Waals surface area contributed by atoms with Gasteiger partial charge in [0, 0.05) is 11.1 Å². The Morgan fingerprint density at radius 1 is 0.938 bits per heavy atom. The molecule has 0 heterocycles. The van der Waals surface area contributed by atoms with Gasteiger partial charge in [0.25, 0.3) is 0 Å². The van der Waals surface area contributed by atoms with Gasteiger partial charge in [-0.05, 0) is 40.5 Å². The van der Waals surface area contributed by atoms with E-state index in [0.717, 1.165) is 12.8 Å². The lowest BCUT2D eigenvalue weighted by Crippen LogP contribution is -2.46. The molecule has 98 valence electrons. The zero-order chi connectivity index (χ0) is 12.8. The van der Waals surface area contributed by atoms with Crippen molar-refractivity contribution in [3.63, 3.8) is 0 Å². The summed E-state index contributed by atoms with van der Waals surface area (Å²) < 4.78 is 0. The van der Waals surface area contributed by atoms with Crippen LogP contribution in [0.5, 0.6) is 0 Å². The Balaban J connectivity index is 3.79. The molecular formula is C10H24N3O3-. The van der Waals surface area contributed by atoms with Gasteiger partial charge < -0.3 is 5.21 Å². The number of hydrogen-bond donors (Lipinski definition) is 2. The minimum Gasteiger partial charge on any atom is -0.735 e. The summed E-state index contributed by atoms with van der Waals surface area (Å²) in [4.78, 5) is 9.36. The Labute approximate surface area is 97.7 Å². The van der Waals surface area contributed by atoms with Crippen LogP contribution in [0.3, 0.4) is 0 Å². The first-order valence-electron chi connectivity index (χ1n) is 5.58. The summed E-state index contributed by atoms with van der Waals surface area (Å²) in [5.74, 6) is 0. The van der Waals surface area contributed by atoms with Gasteiger partial charge in [-0.3, -0.25) is 0 Å². The van der Waals surface area contributed by atoms with Crippen molar-refractivity contribution in [2.24, 2.45) is 0 Å². The molecule has 6 nitrogen and oxygen atoms in total. The van der Waals surface area contributed by atoms with Crippen molar-refractivity contribution in [2.75, 3.05) is 0 Å². The van der Waals surface area contributed by atoms with E-state index in [4.69, 9.17) is 0 Å². The normalized spacial score (nSPS) is 13.5. The van der Waals surface area contributed by atoms with E-state index < -0.39 is 0 Å². The fraction of sp³-hybridized carbons (Fsp3) is 1.00. The summed E-state index contributed by atoms with van der Waals surface area (Å²) in [5, 5.41) is 11.1. The highest BCUT2D eigenvalue weighted by molar-refractivity contribution is 4.70. The topological polar surface area (TPSA) is 68.8 Å². The summed E-state index contributed by atoms with van der Waals surface area (Å²) in [6, 6.07) is 0. The van der Waals surface area contributed by atoms with Crippen molar-refractivity contribution < 1.29 is 9.88 Å².